The molecular weight excluding hydrogens is 150 g/mol. The average molecular weight is 167 g/mol. The predicted molar refractivity (Wildman–Crippen MR) is 54.7 cm³/mol. The Labute approximate surface area is 74.3 Å². The van der Waals surface area contributed by atoms with Crippen molar-refractivity contribution in [2.45, 2.75) is 27.7 Å². The van der Waals surface area contributed by atoms with E-state index in [0.717, 1.165) is 18.1 Å². The zero-order valence-corrected chi connectivity index (χ0v) is 8.26. The van der Waals surface area contributed by atoms with Crippen LogP contribution in [-0.4, -0.2) is 18.1 Å². The van der Waals surface area contributed by atoms with Gasteiger partial charge in [0.05, 0.1) is 0 Å². The lowest BCUT2D eigenvalue weighted by molar-refractivity contribution is 0.916. The van der Waals surface area contributed by atoms with Gasteiger partial charge >= 0.3 is 0 Å². The molecule has 3 heteroatoms. The number of hydrogen-bond acceptors (Lipinski definition) is 2. The third kappa shape index (κ3) is 6.99. The van der Waals surface area contributed by atoms with Gasteiger partial charge in [0.25, 0.3) is 0 Å². The van der Waals surface area contributed by atoms with Crippen LogP contribution in [0.4, 0.5) is 0 Å². The molecule has 0 aromatic rings. The summed E-state index contributed by atoms with van der Waals surface area (Å²) in [6.07, 6.45) is 3.52. The summed E-state index contributed by atoms with van der Waals surface area (Å²) in [5.41, 5.74) is 1.02. The first kappa shape index (κ1) is 10.9. The highest BCUT2D eigenvalue weighted by Gasteiger charge is 1.82. The molecule has 0 unspecified atom stereocenters. The minimum Gasteiger partial charge on any atom is -0.390 e. The highest BCUT2D eigenvalue weighted by Crippen LogP contribution is 1.83. The zero-order chi connectivity index (χ0) is 9.40. The van der Waals surface area contributed by atoms with Crippen LogP contribution in [0.5, 0.6) is 0 Å². The van der Waals surface area contributed by atoms with Crippen LogP contribution in [0, 0.1) is 0 Å². The molecular formula is C9H17N3. The highest BCUT2D eigenvalue weighted by atomic mass is 14.9. The highest BCUT2D eigenvalue weighted by molar-refractivity contribution is 5.94. The Morgan fingerprint density at radius 3 is 2.50 bits per heavy atom. The van der Waals surface area contributed by atoms with E-state index in [0.29, 0.717) is 0 Å². The average Bonchev–Trinajstić information content (AvgIpc) is 1.97. The summed E-state index contributed by atoms with van der Waals surface area (Å²) in [5.74, 6) is 0.782. The van der Waals surface area contributed by atoms with Crippen molar-refractivity contribution >= 4 is 11.5 Å². The molecule has 0 aliphatic carbocycles. The van der Waals surface area contributed by atoms with Crippen LogP contribution in [0.2, 0.25) is 0 Å². The van der Waals surface area contributed by atoms with Gasteiger partial charge < -0.3 is 5.32 Å². The van der Waals surface area contributed by atoms with E-state index < -0.39 is 0 Å². The Hall–Kier alpha value is -1.12. The number of hydrogen-bond donors (Lipinski definition) is 1. The number of aliphatic imine (C=N–C) groups is 2. The van der Waals surface area contributed by atoms with Crippen molar-refractivity contribution in [1.82, 2.24) is 5.32 Å². The second kappa shape index (κ2) is 6.58. The number of amidine groups is 1. The van der Waals surface area contributed by atoms with Gasteiger partial charge in [0.1, 0.15) is 5.84 Å². The smallest absolute Gasteiger partial charge is 0.125 e. The molecule has 0 fully saturated rings. The molecule has 1 N–H and O–H groups in total. The number of nitrogens with zero attached hydrogens (tertiary/aromatic N) is 2. The number of rotatable bonds is 3. The van der Waals surface area contributed by atoms with Gasteiger partial charge in [-0.3, -0.25) is 0 Å². The molecule has 0 aromatic carbocycles. The molecule has 0 aliphatic rings. The number of nitrogens with one attached hydrogen (secondary N) is 1. The maximum atomic E-state index is 4.16. The van der Waals surface area contributed by atoms with Crippen LogP contribution in [0.25, 0.3) is 0 Å². The minimum absolute atomic E-state index is 0.782. The normalized spacial score (nSPS) is 11.8. The van der Waals surface area contributed by atoms with E-state index in [4.69, 9.17) is 0 Å². The van der Waals surface area contributed by atoms with Crippen LogP contribution in [-0.2, 0) is 0 Å². The summed E-state index contributed by atoms with van der Waals surface area (Å²) < 4.78 is 0. The summed E-state index contributed by atoms with van der Waals surface area (Å²) in [6.45, 7) is 8.74. The molecule has 0 spiro atoms. The standard InChI is InChI=1S/C9H17N3/c1-5-10-6-7-11-9(4)12-8(2)3/h6-7,10H,5H2,1-4H3/b7-6-,11-9-. The third-order valence-electron chi connectivity index (χ3n) is 1.04. The molecule has 0 saturated carbocycles. The van der Waals surface area contributed by atoms with E-state index in [1.165, 1.54) is 0 Å². The fourth-order valence-electron chi connectivity index (χ4n) is 0.668. The van der Waals surface area contributed by atoms with E-state index in [2.05, 4.69) is 15.3 Å². The van der Waals surface area contributed by atoms with Crippen LogP contribution in [0.15, 0.2) is 22.4 Å². The van der Waals surface area contributed by atoms with Crippen molar-refractivity contribution in [3.05, 3.63) is 12.4 Å². The third-order valence-corrected chi connectivity index (χ3v) is 1.04. The van der Waals surface area contributed by atoms with Crippen molar-refractivity contribution < 1.29 is 0 Å². The predicted octanol–water partition coefficient (Wildman–Crippen LogP) is 1.97. The van der Waals surface area contributed by atoms with Crippen molar-refractivity contribution in [2.24, 2.45) is 9.98 Å². The van der Waals surface area contributed by atoms with Gasteiger partial charge in [0, 0.05) is 24.7 Å². The van der Waals surface area contributed by atoms with Gasteiger partial charge in [-0.1, -0.05) is 0 Å². The molecule has 0 aliphatic heterocycles. The van der Waals surface area contributed by atoms with Gasteiger partial charge in [-0.05, 0) is 27.7 Å². The van der Waals surface area contributed by atoms with E-state index in [1.807, 2.05) is 33.9 Å². The van der Waals surface area contributed by atoms with Gasteiger partial charge in [-0.25, -0.2) is 9.98 Å². The maximum absolute atomic E-state index is 4.16. The Morgan fingerprint density at radius 2 is 2.00 bits per heavy atom. The second-order valence-corrected chi connectivity index (χ2v) is 2.61. The molecule has 0 rings (SSSR count). The van der Waals surface area contributed by atoms with Crippen LogP contribution < -0.4 is 5.32 Å². The van der Waals surface area contributed by atoms with E-state index >= 15 is 0 Å². The summed E-state index contributed by atoms with van der Waals surface area (Å²) in [7, 11) is 0. The fourth-order valence-corrected chi connectivity index (χ4v) is 0.668. The Kier molecular flexibility index (Phi) is 5.97. The largest absolute Gasteiger partial charge is 0.390 e. The van der Waals surface area contributed by atoms with Crippen molar-refractivity contribution in [3.63, 3.8) is 0 Å². The lowest BCUT2D eigenvalue weighted by atomic mass is 10.5. The first-order chi connectivity index (χ1) is 5.66. The zero-order valence-electron chi connectivity index (χ0n) is 8.26. The molecule has 0 aromatic heterocycles. The fraction of sp³-hybridized carbons (Fsp3) is 0.556. The Bertz CT molecular complexity index is 198. The molecule has 0 amide bonds. The maximum Gasteiger partial charge on any atom is 0.125 e. The quantitative estimate of drug-likeness (QED) is 0.506. The molecule has 0 atom stereocenters. The topological polar surface area (TPSA) is 36.8 Å². The molecule has 68 valence electrons. The van der Waals surface area contributed by atoms with E-state index in [1.54, 1.807) is 6.20 Å². The van der Waals surface area contributed by atoms with E-state index in [9.17, 15) is 0 Å². The van der Waals surface area contributed by atoms with Gasteiger partial charge in [-0.15, -0.1) is 0 Å². The summed E-state index contributed by atoms with van der Waals surface area (Å²) in [5, 5.41) is 3.02. The van der Waals surface area contributed by atoms with Gasteiger partial charge in [-0.2, -0.15) is 0 Å². The Balaban J connectivity index is 3.92. The van der Waals surface area contributed by atoms with E-state index in [-0.39, 0.29) is 0 Å². The monoisotopic (exact) mass is 167 g/mol. The van der Waals surface area contributed by atoms with Crippen molar-refractivity contribution in [2.75, 3.05) is 6.54 Å². The van der Waals surface area contributed by atoms with Crippen molar-refractivity contribution in [3.8, 4) is 0 Å². The molecule has 0 bridgehead atoms. The van der Waals surface area contributed by atoms with Crippen LogP contribution in [0.3, 0.4) is 0 Å². The lowest BCUT2D eigenvalue weighted by Crippen LogP contribution is -2.01. The SMILES string of the molecule is CCN/C=C\N=C(\C)N=C(C)C. The van der Waals surface area contributed by atoms with Crippen LogP contribution in [0.1, 0.15) is 27.7 Å². The first-order valence-corrected chi connectivity index (χ1v) is 4.11. The van der Waals surface area contributed by atoms with Crippen molar-refractivity contribution in [1.29, 1.82) is 0 Å². The molecule has 0 saturated heterocycles. The first-order valence-electron chi connectivity index (χ1n) is 4.11. The van der Waals surface area contributed by atoms with Crippen LogP contribution >= 0.6 is 0 Å². The molecule has 12 heavy (non-hydrogen) atoms. The summed E-state index contributed by atoms with van der Waals surface area (Å²) in [4.78, 5) is 8.25. The molecule has 3 nitrogen and oxygen atoms in total. The minimum atomic E-state index is 0.782. The summed E-state index contributed by atoms with van der Waals surface area (Å²) >= 11 is 0. The lowest BCUT2D eigenvalue weighted by Gasteiger charge is -1.91. The Morgan fingerprint density at radius 1 is 1.33 bits per heavy atom. The molecule has 0 heterocycles. The van der Waals surface area contributed by atoms with Gasteiger partial charge in [0.15, 0.2) is 0 Å². The molecule has 0 radical (unpaired) electrons. The van der Waals surface area contributed by atoms with Gasteiger partial charge in [0.2, 0.25) is 0 Å². The summed E-state index contributed by atoms with van der Waals surface area (Å²) in [6, 6.07) is 0. The second-order valence-electron chi connectivity index (χ2n) is 2.61.